The molecule has 1 fully saturated rings. The third-order valence-corrected chi connectivity index (χ3v) is 5.00. The third-order valence-electron chi connectivity index (χ3n) is 5.00. The predicted octanol–water partition coefficient (Wildman–Crippen LogP) is 3.44. The molecule has 0 spiro atoms. The van der Waals surface area contributed by atoms with Crippen molar-refractivity contribution in [1.29, 1.82) is 0 Å². The topological polar surface area (TPSA) is 62.4 Å². The zero-order chi connectivity index (χ0) is 18.0. The summed E-state index contributed by atoms with van der Waals surface area (Å²) in [6, 6.07) is 10.6. The maximum absolute atomic E-state index is 12.8. The smallest absolute Gasteiger partial charge is 0.339 e. The number of aromatic amines is 1. The number of carbonyl (C=O) groups excluding carboxylic acids is 2. The molecule has 1 saturated heterocycles. The number of ether oxygens (including phenoxy) is 1. The van der Waals surface area contributed by atoms with Crippen LogP contribution in [0.3, 0.4) is 0 Å². The van der Waals surface area contributed by atoms with Crippen LogP contribution in [0.25, 0.3) is 0 Å². The normalized spacial score (nSPS) is 17.6. The van der Waals surface area contributed by atoms with Crippen LogP contribution in [-0.4, -0.2) is 41.8 Å². The van der Waals surface area contributed by atoms with Gasteiger partial charge in [0.05, 0.1) is 24.9 Å². The lowest BCUT2D eigenvalue weighted by Gasteiger charge is -2.24. The van der Waals surface area contributed by atoms with Gasteiger partial charge in [-0.1, -0.05) is 30.3 Å². The largest absolute Gasteiger partial charge is 0.465 e. The lowest BCUT2D eigenvalue weighted by molar-refractivity contribution is 0.0599. The molecule has 0 bridgehead atoms. The Morgan fingerprint density at radius 2 is 1.96 bits per heavy atom. The summed E-state index contributed by atoms with van der Waals surface area (Å²) < 4.78 is 4.82. The lowest BCUT2D eigenvalue weighted by Crippen LogP contribution is -2.30. The van der Waals surface area contributed by atoms with Crippen molar-refractivity contribution >= 4 is 11.8 Å². The van der Waals surface area contributed by atoms with E-state index in [0.717, 1.165) is 19.4 Å². The lowest BCUT2D eigenvalue weighted by atomic mass is 10.0. The molecule has 5 heteroatoms. The summed E-state index contributed by atoms with van der Waals surface area (Å²) in [6.45, 7) is 4.84. The number of hydrogen-bond acceptors (Lipinski definition) is 4. The van der Waals surface area contributed by atoms with Gasteiger partial charge in [0.2, 0.25) is 0 Å². The van der Waals surface area contributed by atoms with E-state index in [1.807, 2.05) is 18.2 Å². The standard InChI is InChI=1S/C20H24N2O3/c1-13-18(20(24)25-3)14(2)21-19(13)17(23)12-22-11-7-10-16(22)15-8-5-4-6-9-15/h4-6,8-9,16,21H,7,10-12H2,1-3H3. The van der Waals surface area contributed by atoms with E-state index in [9.17, 15) is 9.59 Å². The maximum Gasteiger partial charge on any atom is 0.339 e. The average Bonchev–Trinajstić information content (AvgIpc) is 3.19. The van der Waals surface area contributed by atoms with Crippen LogP contribution < -0.4 is 0 Å². The van der Waals surface area contributed by atoms with Crippen molar-refractivity contribution in [3.05, 3.63) is 58.4 Å². The van der Waals surface area contributed by atoms with Crippen LogP contribution in [0.4, 0.5) is 0 Å². The maximum atomic E-state index is 12.8. The molecule has 1 aliphatic rings. The number of nitrogens with one attached hydrogen (secondary N) is 1. The molecule has 5 nitrogen and oxygen atoms in total. The molecule has 25 heavy (non-hydrogen) atoms. The van der Waals surface area contributed by atoms with Gasteiger partial charge in [-0.2, -0.15) is 0 Å². The number of H-pyrrole nitrogens is 1. The second-order valence-corrected chi connectivity index (χ2v) is 6.58. The Morgan fingerprint density at radius 1 is 1.24 bits per heavy atom. The van der Waals surface area contributed by atoms with Crippen molar-refractivity contribution in [1.82, 2.24) is 9.88 Å². The quantitative estimate of drug-likeness (QED) is 0.669. The summed E-state index contributed by atoms with van der Waals surface area (Å²) in [5.41, 5.74) is 3.57. The van der Waals surface area contributed by atoms with Gasteiger partial charge in [-0.3, -0.25) is 9.69 Å². The van der Waals surface area contributed by atoms with E-state index in [1.54, 1.807) is 13.8 Å². The van der Waals surface area contributed by atoms with Crippen molar-refractivity contribution in [2.75, 3.05) is 20.2 Å². The van der Waals surface area contributed by atoms with Gasteiger partial charge in [0.1, 0.15) is 0 Å². The molecule has 3 rings (SSSR count). The minimum Gasteiger partial charge on any atom is -0.465 e. The summed E-state index contributed by atoms with van der Waals surface area (Å²) in [6.07, 6.45) is 2.15. The summed E-state index contributed by atoms with van der Waals surface area (Å²) in [5, 5.41) is 0. The zero-order valence-electron chi connectivity index (χ0n) is 15.0. The third kappa shape index (κ3) is 3.37. The van der Waals surface area contributed by atoms with Crippen LogP contribution in [0, 0.1) is 13.8 Å². The van der Waals surface area contributed by atoms with Crippen LogP contribution in [0.15, 0.2) is 30.3 Å². The SMILES string of the molecule is COC(=O)c1c(C)[nH]c(C(=O)CN2CCCC2c2ccccc2)c1C. The molecule has 2 heterocycles. The second kappa shape index (κ2) is 7.23. The van der Waals surface area contributed by atoms with Crippen molar-refractivity contribution in [3.8, 4) is 0 Å². The molecular weight excluding hydrogens is 316 g/mol. The minimum absolute atomic E-state index is 0.0126. The number of ketones is 1. The summed E-state index contributed by atoms with van der Waals surface area (Å²) in [5.74, 6) is -0.396. The average molecular weight is 340 g/mol. The number of hydrogen-bond donors (Lipinski definition) is 1. The number of nitrogens with zero attached hydrogens (tertiary/aromatic N) is 1. The Bertz CT molecular complexity index is 780. The summed E-state index contributed by atoms with van der Waals surface area (Å²) >= 11 is 0. The zero-order valence-corrected chi connectivity index (χ0v) is 15.0. The summed E-state index contributed by atoms with van der Waals surface area (Å²) in [4.78, 5) is 30.1. The van der Waals surface area contributed by atoms with E-state index >= 15 is 0 Å². The fourth-order valence-corrected chi connectivity index (χ4v) is 3.77. The van der Waals surface area contributed by atoms with Crippen molar-refractivity contribution < 1.29 is 14.3 Å². The first-order valence-corrected chi connectivity index (χ1v) is 8.62. The number of benzene rings is 1. The van der Waals surface area contributed by atoms with Gasteiger partial charge in [0, 0.05) is 11.7 Å². The molecule has 1 atom stereocenters. The number of aryl methyl sites for hydroxylation is 1. The number of rotatable bonds is 5. The van der Waals surface area contributed by atoms with Crippen molar-refractivity contribution in [2.45, 2.75) is 32.7 Å². The molecule has 132 valence electrons. The van der Waals surface area contributed by atoms with Crippen LogP contribution in [0.2, 0.25) is 0 Å². The first-order valence-electron chi connectivity index (χ1n) is 8.62. The van der Waals surface area contributed by atoms with Crippen LogP contribution >= 0.6 is 0 Å². The van der Waals surface area contributed by atoms with Crippen LogP contribution in [-0.2, 0) is 4.74 Å². The van der Waals surface area contributed by atoms with E-state index in [1.165, 1.54) is 12.7 Å². The number of carbonyl (C=O) groups is 2. The van der Waals surface area contributed by atoms with Gasteiger partial charge in [-0.25, -0.2) is 4.79 Å². The molecule has 1 aromatic heterocycles. The van der Waals surface area contributed by atoms with E-state index in [0.29, 0.717) is 29.1 Å². The van der Waals surface area contributed by atoms with Gasteiger partial charge < -0.3 is 9.72 Å². The highest BCUT2D eigenvalue weighted by Gasteiger charge is 2.29. The molecule has 0 saturated carbocycles. The van der Waals surface area contributed by atoms with E-state index in [2.05, 4.69) is 22.0 Å². The number of Topliss-reactive ketones (excluding diaryl/α,β-unsaturated/α-hetero) is 1. The number of esters is 1. The number of aromatic nitrogens is 1. The Morgan fingerprint density at radius 3 is 2.64 bits per heavy atom. The fourth-order valence-electron chi connectivity index (χ4n) is 3.77. The van der Waals surface area contributed by atoms with Gasteiger partial charge in [0.15, 0.2) is 5.78 Å². The van der Waals surface area contributed by atoms with Gasteiger partial charge >= 0.3 is 5.97 Å². The second-order valence-electron chi connectivity index (χ2n) is 6.58. The monoisotopic (exact) mass is 340 g/mol. The van der Waals surface area contributed by atoms with Crippen molar-refractivity contribution in [3.63, 3.8) is 0 Å². The van der Waals surface area contributed by atoms with Gasteiger partial charge in [0.25, 0.3) is 0 Å². The molecule has 0 aliphatic carbocycles. The van der Waals surface area contributed by atoms with E-state index < -0.39 is 5.97 Å². The predicted molar refractivity (Wildman–Crippen MR) is 95.9 cm³/mol. The highest BCUT2D eigenvalue weighted by atomic mass is 16.5. The van der Waals surface area contributed by atoms with Crippen molar-refractivity contribution in [2.24, 2.45) is 0 Å². The van der Waals surface area contributed by atoms with Gasteiger partial charge in [-0.15, -0.1) is 0 Å². The molecule has 0 radical (unpaired) electrons. The molecule has 1 N–H and O–H groups in total. The molecular formula is C20H24N2O3. The van der Waals surface area contributed by atoms with Crippen LogP contribution in [0.1, 0.15) is 56.6 Å². The number of methoxy groups -OCH3 is 1. The number of likely N-dealkylation sites (tertiary alicyclic amines) is 1. The van der Waals surface area contributed by atoms with E-state index in [4.69, 9.17) is 4.74 Å². The molecule has 1 aliphatic heterocycles. The highest BCUT2D eigenvalue weighted by Crippen LogP contribution is 2.32. The Kier molecular flexibility index (Phi) is 5.04. The first kappa shape index (κ1) is 17.4. The minimum atomic E-state index is -0.409. The molecule has 0 amide bonds. The Hall–Kier alpha value is -2.40. The molecule has 1 aromatic carbocycles. The molecule has 2 aromatic rings. The molecule has 1 unspecified atom stereocenters. The first-order chi connectivity index (χ1) is 12.0. The van der Waals surface area contributed by atoms with E-state index in [-0.39, 0.29) is 11.8 Å². The van der Waals surface area contributed by atoms with Gasteiger partial charge in [-0.05, 0) is 44.4 Å². The highest BCUT2D eigenvalue weighted by molar-refractivity contribution is 6.02. The summed E-state index contributed by atoms with van der Waals surface area (Å²) in [7, 11) is 1.35. The van der Waals surface area contributed by atoms with Crippen LogP contribution in [0.5, 0.6) is 0 Å². The Balaban J connectivity index is 1.79. The fraction of sp³-hybridized carbons (Fsp3) is 0.400. The Labute approximate surface area is 148 Å².